The van der Waals surface area contributed by atoms with Gasteiger partial charge in [-0.1, -0.05) is 48.0 Å². The predicted octanol–water partition coefficient (Wildman–Crippen LogP) is 4.05. The van der Waals surface area contributed by atoms with Gasteiger partial charge in [-0.05, 0) is 54.8 Å². The summed E-state index contributed by atoms with van der Waals surface area (Å²) in [6.07, 6.45) is 0.380. The zero-order valence-electron chi connectivity index (χ0n) is 18.9. The lowest BCUT2D eigenvalue weighted by Gasteiger charge is -2.25. The first-order chi connectivity index (χ1) is 15.8. The van der Waals surface area contributed by atoms with Crippen LogP contribution in [-0.2, 0) is 20.2 Å². The first-order valence-corrected chi connectivity index (χ1v) is 12.3. The Hall–Kier alpha value is -3.16. The van der Waals surface area contributed by atoms with Crippen molar-refractivity contribution in [2.45, 2.75) is 29.7 Å². The van der Waals surface area contributed by atoms with Crippen LogP contribution in [0.25, 0.3) is 0 Å². The van der Waals surface area contributed by atoms with Crippen LogP contribution in [0.2, 0.25) is 0 Å². The van der Waals surface area contributed by atoms with Gasteiger partial charge in [0, 0.05) is 19.3 Å². The highest BCUT2D eigenvalue weighted by Crippen LogP contribution is 2.53. The highest BCUT2D eigenvalue weighted by atomic mass is 32.2. The quantitative estimate of drug-likeness (QED) is 0.587. The number of amides is 1. The van der Waals surface area contributed by atoms with Crippen molar-refractivity contribution in [2.24, 2.45) is 0 Å². The summed E-state index contributed by atoms with van der Waals surface area (Å²) in [5.74, 6) is 0.630. The van der Waals surface area contributed by atoms with Crippen molar-refractivity contribution in [1.29, 1.82) is 0 Å². The summed E-state index contributed by atoms with van der Waals surface area (Å²) in [6.45, 7) is 2.02. The summed E-state index contributed by atoms with van der Waals surface area (Å²) in [4.78, 5) is 15.5. The highest BCUT2D eigenvalue weighted by Gasteiger charge is 2.59. The summed E-state index contributed by atoms with van der Waals surface area (Å²) in [5, 5.41) is 0. The molecule has 1 amide bonds. The standard InChI is InChI=1S/C26H26N2O4S/c1-18-8-14-21(15-9-18)33(30,31)28-17-26(16-24(28)19-10-12-20(32-3)13-11-19)22-6-4-5-7-23(22)27(2)25(26)29/h4-15,24H,16-17H2,1-3H3/t24-,26+/m1/s1. The summed E-state index contributed by atoms with van der Waals surface area (Å²) in [6, 6.07) is 21.5. The number of nitrogens with zero attached hydrogens (tertiary/aromatic N) is 2. The fourth-order valence-corrected chi connectivity index (χ4v) is 6.82. The first kappa shape index (κ1) is 21.7. The Balaban J connectivity index is 1.66. The van der Waals surface area contributed by atoms with E-state index < -0.39 is 21.5 Å². The van der Waals surface area contributed by atoms with E-state index in [9.17, 15) is 13.2 Å². The van der Waals surface area contributed by atoms with Gasteiger partial charge in [0.05, 0.1) is 23.5 Å². The molecule has 0 bridgehead atoms. The molecule has 0 aliphatic carbocycles. The number of ether oxygens (including phenoxy) is 1. The van der Waals surface area contributed by atoms with E-state index in [1.54, 1.807) is 43.3 Å². The molecular weight excluding hydrogens is 436 g/mol. The minimum Gasteiger partial charge on any atom is -0.497 e. The van der Waals surface area contributed by atoms with E-state index in [0.29, 0.717) is 12.2 Å². The minimum absolute atomic E-state index is 0.0659. The number of sulfonamides is 1. The summed E-state index contributed by atoms with van der Waals surface area (Å²) >= 11 is 0. The number of hydrogen-bond acceptors (Lipinski definition) is 4. The van der Waals surface area contributed by atoms with Crippen molar-refractivity contribution in [3.8, 4) is 5.75 Å². The monoisotopic (exact) mass is 462 g/mol. The first-order valence-electron chi connectivity index (χ1n) is 10.9. The smallest absolute Gasteiger partial charge is 0.243 e. The van der Waals surface area contributed by atoms with E-state index in [2.05, 4.69) is 0 Å². The molecule has 3 aromatic carbocycles. The third-order valence-electron chi connectivity index (χ3n) is 6.94. The van der Waals surface area contributed by atoms with Crippen molar-refractivity contribution in [3.05, 3.63) is 89.5 Å². The van der Waals surface area contributed by atoms with Crippen LogP contribution in [-0.4, -0.2) is 39.3 Å². The van der Waals surface area contributed by atoms with E-state index in [1.807, 2.05) is 55.5 Å². The van der Waals surface area contributed by atoms with Gasteiger partial charge < -0.3 is 9.64 Å². The van der Waals surface area contributed by atoms with Crippen molar-refractivity contribution < 1.29 is 17.9 Å². The molecule has 2 atom stereocenters. The van der Waals surface area contributed by atoms with Gasteiger partial charge in [0.1, 0.15) is 5.75 Å². The normalized spacial score (nSPS) is 22.7. The second kappa shape index (κ2) is 7.71. The molecular formula is C26H26N2O4S. The van der Waals surface area contributed by atoms with Gasteiger partial charge in [-0.15, -0.1) is 0 Å². The second-order valence-electron chi connectivity index (χ2n) is 8.82. The summed E-state index contributed by atoms with van der Waals surface area (Å²) in [5.41, 5.74) is 2.62. The molecule has 33 heavy (non-hydrogen) atoms. The van der Waals surface area contributed by atoms with Gasteiger partial charge in [0.2, 0.25) is 15.9 Å². The highest BCUT2D eigenvalue weighted by molar-refractivity contribution is 7.89. The Morgan fingerprint density at radius 2 is 1.64 bits per heavy atom. The molecule has 0 aromatic heterocycles. The summed E-state index contributed by atoms with van der Waals surface area (Å²) in [7, 11) is -0.490. The average molecular weight is 463 g/mol. The molecule has 170 valence electrons. The van der Waals surface area contributed by atoms with Crippen LogP contribution < -0.4 is 9.64 Å². The maximum absolute atomic E-state index is 13.9. The van der Waals surface area contributed by atoms with E-state index in [1.165, 1.54) is 4.31 Å². The van der Waals surface area contributed by atoms with E-state index in [-0.39, 0.29) is 17.3 Å². The maximum atomic E-state index is 13.9. The van der Waals surface area contributed by atoms with Gasteiger partial charge in [0.25, 0.3) is 0 Å². The number of benzene rings is 3. The number of rotatable bonds is 4. The molecule has 0 radical (unpaired) electrons. The number of anilines is 1. The zero-order chi connectivity index (χ0) is 23.4. The molecule has 0 unspecified atom stereocenters. The SMILES string of the molecule is COc1ccc([C@H]2C[C@@]3(CN2S(=O)(=O)c2ccc(C)cc2)C(=O)N(C)c2ccccc23)cc1. The van der Waals surface area contributed by atoms with Crippen LogP contribution in [0.4, 0.5) is 5.69 Å². The van der Waals surface area contributed by atoms with E-state index in [4.69, 9.17) is 4.74 Å². The largest absolute Gasteiger partial charge is 0.497 e. The summed E-state index contributed by atoms with van der Waals surface area (Å²) < 4.78 is 34.5. The van der Waals surface area contributed by atoms with Crippen LogP contribution in [0.3, 0.4) is 0 Å². The lowest BCUT2D eigenvalue weighted by Crippen LogP contribution is -2.42. The van der Waals surface area contributed by atoms with Crippen LogP contribution in [0.5, 0.6) is 5.75 Å². The van der Waals surface area contributed by atoms with Gasteiger partial charge in [-0.2, -0.15) is 4.31 Å². The fourth-order valence-electron chi connectivity index (χ4n) is 5.15. The van der Waals surface area contributed by atoms with E-state index in [0.717, 1.165) is 22.4 Å². The molecule has 2 aliphatic heterocycles. The van der Waals surface area contributed by atoms with E-state index >= 15 is 0 Å². The lowest BCUT2D eigenvalue weighted by molar-refractivity contribution is -0.122. The van der Waals surface area contributed by atoms with Gasteiger partial charge in [0.15, 0.2) is 0 Å². The van der Waals surface area contributed by atoms with Gasteiger partial charge in [-0.25, -0.2) is 8.42 Å². The molecule has 1 spiro atoms. The number of hydrogen-bond donors (Lipinski definition) is 0. The molecule has 1 fully saturated rings. The molecule has 1 saturated heterocycles. The van der Waals surface area contributed by atoms with Gasteiger partial charge in [-0.3, -0.25) is 4.79 Å². The van der Waals surface area contributed by atoms with Crippen LogP contribution in [0.15, 0.2) is 77.7 Å². The van der Waals surface area contributed by atoms with Crippen molar-refractivity contribution >= 4 is 21.6 Å². The zero-order valence-corrected chi connectivity index (χ0v) is 19.7. The average Bonchev–Trinajstić information content (AvgIpc) is 3.34. The number of fused-ring (bicyclic) bond motifs is 2. The number of methoxy groups -OCH3 is 1. The molecule has 0 N–H and O–H groups in total. The third-order valence-corrected chi connectivity index (χ3v) is 8.81. The topological polar surface area (TPSA) is 66.9 Å². The molecule has 2 heterocycles. The second-order valence-corrected chi connectivity index (χ2v) is 10.7. The Morgan fingerprint density at radius 3 is 2.30 bits per heavy atom. The minimum atomic E-state index is -3.84. The number of carbonyl (C=O) groups excluding carboxylic acids is 1. The fraction of sp³-hybridized carbons (Fsp3) is 0.269. The number of likely N-dealkylation sites (N-methyl/N-ethyl adjacent to an activating group) is 1. The number of para-hydroxylation sites is 1. The van der Waals surface area contributed by atoms with Crippen LogP contribution in [0.1, 0.15) is 29.2 Å². The molecule has 3 aromatic rings. The lowest BCUT2D eigenvalue weighted by atomic mass is 9.79. The number of aryl methyl sites for hydroxylation is 1. The van der Waals surface area contributed by atoms with Crippen molar-refractivity contribution in [1.82, 2.24) is 4.31 Å². The van der Waals surface area contributed by atoms with Crippen LogP contribution in [0, 0.1) is 6.92 Å². The Kier molecular flexibility index (Phi) is 5.06. The van der Waals surface area contributed by atoms with Crippen LogP contribution >= 0.6 is 0 Å². The van der Waals surface area contributed by atoms with Crippen molar-refractivity contribution in [3.63, 3.8) is 0 Å². The molecule has 0 saturated carbocycles. The molecule has 7 heteroatoms. The maximum Gasteiger partial charge on any atom is 0.243 e. The van der Waals surface area contributed by atoms with Crippen molar-refractivity contribution in [2.75, 3.05) is 25.6 Å². The molecule has 5 rings (SSSR count). The number of carbonyl (C=O) groups is 1. The molecule has 6 nitrogen and oxygen atoms in total. The molecule has 2 aliphatic rings. The Morgan fingerprint density at radius 1 is 0.970 bits per heavy atom. The third kappa shape index (κ3) is 3.26. The Bertz CT molecular complexity index is 1320. The van der Waals surface area contributed by atoms with Gasteiger partial charge >= 0.3 is 0 Å². The predicted molar refractivity (Wildman–Crippen MR) is 127 cm³/mol. The Labute approximate surface area is 194 Å².